The number of hydrogen-bond donors (Lipinski definition) is 2. The van der Waals surface area contributed by atoms with Crippen LogP contribution in [0.4, 0.5) is 19.1 Å². The van der Waals surface area contributed by atoms with E-state index in [4.69, 9.17) is 5.73 Å². The van der Waals surface area contributed by atoms with Crippen molar-refractivity contribution in [2.24, 2.45) is 5.73 Å². The van der Waals surface area contributed by atoms with Crippen molar-refractivity contribution < 1.29 is 13.2 Å². The number of nitrogens with zero attached hydrogens (tertiary/aromatic N) is 4. The zero-order valence-electron chi connectivity index (χ0n) is 12.1. The third kappa shape index (κ3) is 3.73. The minimum Gasteiger partial charge on any atom is -0.354 e. The maximum atomic E-state index is 13.0. The molecule has 2 heterocycles. The van der Waals surface area contributed by atoms with Gasteiger partial charge in [-0.15, -0.1) is 0 Å². The maximum absolute atomic E-state index is 13.0. The van der Waals surface area contributed by atoms with Gasteiger partial charge in [-0.25, -0.2) is 9.97 Å². The fourth-order valence-corrected chi connectivity index (χ4v) is 1.91. The van der Waals surface area contributed by atoms with Crippen LogP contribution in [0.25, 0.3) is 11.4 Å². The van der Waals surface area contributed by atoms with Crippen LogP contribution in [-0.2, 0) is 12.7 Å². The van der Waals surface area contributed by atoms with E-state index in [1.54, 1.807) is 10.7 Å². The Morgan fingerprint density at radius 1 is 1.32 bits per heavy atom. The zero-order chi connectivity index (χ0) is 16.2. The lowest BCUT2D eigenvalue weighted by atomic mass is 10.2. The average molecular weight is 314 g/mol. The Hall–Kier alpha value is -2.16. The summed E-state index contributed by atoms with van der Waals surface area (Å²) in [6.45, 7) is 3.22. The van der Waals surface area contributed by atoms with Crippen molar-refractivity contribution in [2.45, 2.75) is 26.1 Å². The largest absolute Gasteiger partial charge is 0.433 e. The molecule has 0 saturated carbocycles. The molecule has 0 saturated heterocycles. The van der Waals surface area contributed by atoms with Gasteiger partial charge in [0.25, 0.3) is 0 Å². The van der Waals surface area contributed by atoms with Crippen molar-refractivity contribution in [3.05, 3.63) is 24.0 Å². The molecular weight excluding hydrogens is 297 g/mol. The van der Waals surface area contributed by atoms with Crippen LogP contribution in [0.15, 0.2) is 18.3 Å². The standard InChI is InChI=1S/C13H17F3N6/c1-2-22-10(4-7-19-22)9-8-11(13(14,15)16)21-12(20-9)18-6-3-5-17/h4,7-8H,2-3,5-6,17H2,1H3,(H,18,20,21). The van der Waals surface area contributed by atoms with Gasteiger partial charge in [-0.1, -0.05) is 0 Å². The van der Waals surface area contributed by atoms with Crippen molar-refractivity contribution in [2.75, 3.05) is 18.4 Å². The second-order valence-corrected chi connectivity index (χ2v) is 4.56. The van der Waals surface area contributed by atoms with Gasteiger partial charge in [0.15, 0.2) is 5.69 Å². The summed E-state index contributed by atoms with van der Waals surface area (Å²) >= 11 is 0. The van der Waals surface area contributed by atoms with Crippen LogP contribution < -0.4 is 11.1 Å². The Balaban J connectivity index is 2.42. The summed E-state index contributed by atoms with van der Waals surface area (Å²) in [7, 11) is 0. The number of alkyl halides is 3. The third-order valence-electron chi connectivity index (χ3n) is 2.96. The van der Waals surface area contributed by atoms with Gasteiger partial charge in [-0.2, -0.15) is 18.3 Å². The van der Waals surface area contributed by atoms with E-state index in [1.165, 1.54) is 6.20 Å². The van der Waals surface area contributed by atoms with Crippen LogP contribution in [0, 0.1) is 0 Å². The number of anilines is 1. The molecule has 120 valence electrons. The van der Waals surface area contributed by atoms with Crippen LogP contribution in [0.3, 0.4) is 0 Å². The summed E-state index contributed by atoms with van der Waals surface area (Å²) in [4.78, 5) is 7.67. The molecule has 3 N–H and O–H groups in total. The Kier molecular flexibility index (Phi) is 4.96. The van der Waals surface area contributed by atoms with E-state index in [0.29, 0.717) is 31.7 Å². The van der Waals surface area contributed by atoms with E-state index in [0.717, 1.165) is 6.07 Å². The maximum Gasteiger partial charge on any atom is 0.433 e. The Labute approximate surface area is 125 Å². The molecule has 0 aromatic carbocycles. The predicted molar refractivity (Wildman–Crippen MR) is 76.1 cm³/mol. The van der Waals surface area contributed by atoms with Gasteiger partial charge < -0.3 is 11.1 Å². The van der Waals surface area contributed by atoms with E-state index >= 15 is 0 Å². The quantitative estimate of drug-likeness (QED) is 0.798. The summed E-state index contributed by atoms with van der Waals surface area (Å²) in [6, 6.07) is 2.55. The van der Waals surface area contributed by atoms with E-state index in [-0.39, 0.29) is 11.6 Å². The molecular formula is C13H17F3N6. The highest BCUT2D eigenvalue weighted by Crippen LogP contribution is 2.31. The first-order valence-electron chi connectivity index (χ1n) is 6.88. The highest BCUT2D eigenvalue weighted by atomic mass is 19.4. The van der Waals surface area contributed by atoms with E-state index in [9.17, 15) is 13.2 Å². The van der Waals surface area contributed by atoms with Gasteiger partial charge >= 0.3 is 6.18 Å². The predicted octanol–water partition coefficient (Wildman–Crippen LogP) is 2.14. The summed E-state index contributed by atoms with van der Waals surface area (Å²) in [5.41, 5.74) is 5.06. The van der Waals surface area contributed by atoms with Gasteiger partial charge in [-0.3, -0.25) is 4.68 Å². The Morgan fingerprint density at radius 3 is 2.73 bits per heavy atom. The van der Waals surface area contributed by atoms with Crippen molar-refractivity contribution in [1.82, 2.24) is 19.7 Å². The van der Waals surface area contributed by atoms with E-state index in [2.05, 4.69) is 20.4 Å². The second-order valence-electron chi connectivity index (χ2n) is 4.56. The summed E-state index contributed by atoms with van der Waals surface area (Å²) in [5.74, 6) is -0.0675. The number of nitrogens with two attached hydrogens (primary N) is 1. The van der Waals surface area contributed by atoms with Crippen molar-refractivity contribution in [3.8, 4) is 11.4 Å². The molecule has 0 aliphatic carbocycles. The second kappa shape index (κ2) is 6.73. The molecule has 0 fully saturated rings. The minimum atomic E-state index is -4.54. The lowest BCUT2D eigenvalue weighted by Crippen LogP contribution is -2.15. The lowest BCUT2D eigenvalue weighted by molar-refractivity contribution is -0.141. The molecule has 2 aromatic rings. The highest BCUT2D eigenvalue weighted by Gasteiger charge is 2.34. The van der Waals surface area contributed by atoms with Gasteiger partial charge in [0.1, 0.15) is 0 Å². The first kappa shape index (κ1) is 16.2. The summed E-state index contributed by atoms with van der Waals surface area (Å²) in [6.07, 6.45) is -2.41. The molecule has 2 rings (SSSR count). The fourth-order valence-electron chi connectivity index (χ4n) is 1.91. The molecule has 0 amide bonds. The van der Waals surface area contributed by atoms with Crippen LogP contribution in [0.2, 0.25) is 0 Å². The molecule has 0 aliphatic rings. The number of aromatic nitrogens is 4. The van der Waals surface area contributed by atoms with Crippen molar-refractivity contribution >= 4 is 5.95 Å². The first-order chi connectivity index (χ1) is 10.5. The third-order valence-corrected chi connectivity index (χ3v) is 2.96. The molecule has 0 unspecified atom stereocenters. The normalized spacial score (nSPS) is 11.7. The minimum absolute atomic E-state index is 0.0675. The van der Waals surface area contributed by atoms with Gasteiger partial charge in [0, 0.05) is 19.3 Å². The van der Waals surface area contributed by atoms with Gasteiger partial charge in [-0.05, 0) is 32.0 Å². The molecule has 9 heteroatoms. The van der Waals surface area contributed by atoms with E-state index < -0.39 is 11.9 Å². The molecule has 6 nitrogen and oxygen atoms in total. The van der Waals surface area contributed by atoms with Crippen LogP contribution in [0.5, 0.6) is 0 Å². The van der Waals surface area contributed by atoms with Gasteiger partial charge in [0.2, 0.25) is 5.95 Å². The Morgan fingerprint density at radius 2 is 2.09 bits per heavy atom. The SMILES string of the molecule is CCn1nccc1-c1cc(C(F)(F)F)nc(NCCCN)n1. The number of nitrogens with one attached hydrogen (secondary N) is 1. The molecule has 0 atom stereocenters. The number of aryl methyl sites for hydroxylation is 1. The molecule has 0 spiro atoms. The highest BCUT2D eigenvalue weighted by molar-refractivity contribution is 5.57. The molecule has 0 radical (unpaired) electrons. The van der Waals surface area contributed by atoms with Crippen LogP contribution in [0.1, 0.15) is 19.0 Å². The van der Waals surface area contributed by atoms with Crippen LogP contribution in [-0.4, -0.2) is 32.8 Å². The molecule has 2 aromatic heterocycles. The summed E-state index contributed by atoms with van der Waals surface area (Å²) < 4.78 is 40.6. The summed E-state index contributed by atoms with van der Waals surface area (Å²) in [5, 5.41) is 6.81. The zero-order valence-corrected chi connectivity index (χ0v) is 12.1. The van der Waals surface area contributed by atoms with Crippen molar-refractivity contribution in [1.29, 1.82) is 0 Å². The fraction of sp³-hybridized carbons (Fsp3) is 0.462. The first-order valence-corrected chi connectivity index (χ1v) is 6.88. The van der Waals surface area contributed by atoms with E-state index in [1.807, 2.05) is 6.92 Å². The number of hydrogen-bond acceptors (Lipinski definition) is 5. The smallest absolute Gasteiger partial charge is 0.354 e. The number of halogens is 3. The number of rotatable bonds is 6. The average Bonchev–Trinajstić information content (AvgIpc) is 2.95. The van der Waals surface area contributed by atoms with Gasteiger partial charge in [0.05, 0.1) is 11.4 Å². The molecule has 0 aliphatic heterocycles. The van der Waals surface area contributed by atoms with Crippen molar-refractivity contribution in [3.63, 3.8) is 0 Å². The van der Waals surface area contributed by atoms with Crippen LogP contribution >= 0.6 is 0 Å². The lowest BCUT2D eigenvalue weighted by Gasteiger charge is -2.12. The molecule has 22 heavy (non-hydrogen) atoms. The Bertz CT molecular complexity index is 622. The molecule has 0 bridgehead atoms. The topological polar surface area (TPSA) is 81.7 Å². The monoisotopic (exact) mass is 314 g/mol.